The topological polar surface area (TPSA) is 56.0 Å². The zero-order valence-electron chi connectivity index (χ0n) is 10.2. The summed E-state index contributed by atoms with van der Waals surface area (Å²) in [5, 5.41) is 13.5. The molecule has 0 unspecified atom stereocenters. The van der Waals surface area contributed by atoms with Gasteiger partial charge in [-0.05, 0) is 24.1 Å². The quantitative estimate of drug-likeness (QED) is 0.668. The van der Waals surface area contributed by atoms with Gasteiger partial charge in [0.25, 0.3) is 5.91 Å². The van der Waals surface area contributed by atoms with Crippen molar-refractivity contribution in [2.45, 2.75) is 6.42 Å². The van der Waals surface area contributed by atoms with Gasteiger partial charge in [-0.15, -0.1) is 0 Å². The first-order valence-corrected chi connectivity index (χ1v) is 5.86. The van der Waals surface area contributed by atoms with Crippen molar-refractivity contribution in [2.75, 3.05) is 6.54 Å². The van der Waals surface area contributed by atoms with Crippen LogP contribution in [-0.2, 0) is 6.42 Å². The number of pyridine rings is 1. The van der Waals surface area contributed by atoms with Gasteiger partial charge >= 0.3 is 0 Å². The van der Waals surface area contributed by atoms with Crippen LogP contribution in [0, 0.1) is 11.0 Å². The summed E-state index contributed by atoms with van der Waals surface area (Å²) in [4.78, 5) is 11.7. The van der Waals surface area contributed by atoms with Gasteiger partial charge in [0.2, 0.25) is 0 Å². The van der Waals surface area contributed by atoms with Crippen molar-refractivity contribution < 1.29 is 13.9 Å². The van der Waals surface area contributed by atoms with Crippen LogP contribution in [0.15, 0.2) is 48.8 Å². The number of nitrogens with one attached hydrogen (secondary N) is 1. The van der Waals surface area contributed by atoms with E-state index in [1.54, 1.807) is 12.1 Å². The molecule has 0 fully saturated rings. The molecule has 19 heavy (non-hydrogen) atoms. The molecule has 0 spiro atoms. The average molecular weight is 260 g/mol. The number of aromatic nitrogens is 1. The monoisotopic (exact) mass is 260 g/mol. The number of benzene rings is 1. The van der Waals surface area contributed by atoms with Crippen molar-refractivity contribution in [3.05, 3.63) is 70.9 Å². The average Bonchev–Trinajstić information content (AvgIpc) is 2.39. The standard InChI is InChI=1S/C14H13FN2O2/c15-13-3-1-2-11(10-13)4-7-16-14(18)12-5-8-17(19)9-6-12/h1-3,5-6,8-10H,4,7H2,(H,16,18). The number of amides is 1. The molecule has 0 radical (unpaired) electrons. The van der Waals surface area contributed by atoms with Crippen LogP contribution in [0.3, 0.4) is 0 Å². The second kappa shape index (κ2) is 5.95. The molecular formula is C14H13FN2O2. The van der Waals surface area contributed by atoms with Gasteiger partial charge in [-0.25, -0.2) is 4.39 Å². The second-order valence-corrected chi connectivity index (χ2v) is 4.08. The van der Waals surface area contributed by atoms with Crippen LogP contribution in [0.25, 0.3) is 0 Å². The maximum Gasteiger partial charge on any atom is 0.251 e. The Morgan fingerprint density at radius 3 is 2.68 bits per heavy atom. The normalized spacial score (nSPS) is 10.2. The first-order valence-electron chi connectivity index (χ1n) is 5.86. The summed E-state index contributed by atoms with van der Waals surface area (Å²) in [5.41, 5.74) is 1.25. The lowest BCUT2D eigenvalue weighted by Gasteiger charge is -2.05. The molecule has 1 heterocycles. The number of hydrogen-bond acceptors (Lipinski definition) is 2. The smallest absolute Gasteiger partial charge is 0.251 e. The molecule has 98 valence electrons. The van der Waals surface area contributed by atoms with Crippen molar-refractivity contribution in [3.8, 4) is 0 Å². The van der Waals surface area contributed by atoms with Gasteiger partial charge in [-0.2, -0.15) is 4.73 Å². The maximum absolute atomic E-state index is 12.9. The van der Waals surface area contributed by atoms with Crippen LogP contribution in [0.5, 0.6) is 0 Å². The van der Waals surface area contributed by atoms with Crippen LogP contribution in [0.2, 0.25) is 0 Å². The molecule has 0 aliphatic heterocycles. The molecule has 0 saturated carbocycles. The Morgan fingerprint density at radius 2 is 2.00 bits per heavy atom. The van der Waals surface area contributed by atoms with Gasteiger partial charge in [0, 0.05) is 18.7 Å². The lowest BCUT2D eigenvalue weighted by Crippen LogP contribution is -2.28. The summed E-state index contributed by atoms with van der Waals surface area (Å²) < 4.78 is 13.6. The van der Waals surface area contributed by atoms with E-state index >= 15 is 0 Å². The molecule has 2 aromatic rings. The number of halogens is 1. The summed E-state index contributed by atoms with van der Waals surface area (Å²) in [6, 6.07) is 9.16. The number of rotatable bonds is 4. The summed E-state index contributed by atoms with van der Waals surface area (Å²) in [6.07, 6.45) is 3.08. The molecule has 5 heteroatoms. The zero-order chi connectivity index (χ0) is 13.7. The molecule has 0 aliphatic carbocycles. The molecule has 0 bridgehead atoms. The van der Waals surface area contributed by atoms with E-state index in [-0.39, 0.29) is 11.7 Å². The Morgan fingerprint density at radius 1 is 1.26 bits per heavy atom. The Balaban J connectivity index is 1.86. The van der Waals surface area contributed by atoms with Crippen LogP contribution < -0.4 is 10.0 Å². The minimum absolute atomic E-state index is 0.253. The van der Waals surface area contributed by atoms with E-state index in [0.29, 0.717) is 23.3 Å². The van der Waals surface area contributed by atoms with E-state index in [0.717, 1.165) is 5.56 Å². The first kappa shape index (κ1) is 13.0. The van der Waals surface area contributed by atoms with E-state index in [1.807, 2.05) is 0 Å². The molecule has 1 aromatic heterocycles. The summed E-state index contributed by atoms with van der Waals surface area (Å²) in [5.74, 6) is -0.538. The lowest BCUT2D eigenvalue weighted by molar-refractivity contribution is -0.605. The minimum atomic E-state index is -0.285. The highest BCUT2D eigenvalue weighted by Gasteiger charge is 2.05. The fourth-order valence-corrected chi connectivity index (χ4v) is 1.68. The molecule has 0 aliphatic rings. The fraction of sp³-hybridized carbons (Fsp3) is 0.143. The van der Waals surface area contributed by atoms with Crippen molar-refractivity contribution in [2.24, 2.45) is 0 Å². The Hall–Kier alpha value is -2.43. The van der Waals surface area contributed by atoms with Crippen molar-refractivity contribution in [1.82, 2.24) is 5.32 Å². The molecule has 0 saturated heterocycles. The largest absolute Gasteiger partial charge is 0.619 e. The number of nitrogens with zero attached hydrogens (tertiary/aromatic N) is 1. The van der Waals surface area contributed by atoms with E-state index < -0.39 is 0 Å². The van der Waals surface area contributed by atoms with Crippen LogP contribution >= 0.6 is 0 Å². The second-order valence-electron chi connectivity index (χ2n) is 4.08. The highest BCUT2D eigenvalue weighted by molar-refractivity contribution is 5.93. The van der Waals surface area contributed by atoms with Gasteiger partial charge in [-0.3, -0.25) is 4.79 Å². The van der Waals surface area contributed by atoms with Gasteiger partial charge in [0.1, 0.15) is 5.82 Å². The third-order valence-corrected chi connectivity index (χ3v) is 2.65. The van der Waals surface area contributed by atoms with E-state index in [9.17, 15) is 14.4 Å². The Labute approximate surface area is 110 Å². The van der Waals surface area contributed by atoms with Gasteiger partial charge in [0.15, 0.2) is 12.4 Å². The number of carbonyl (C=O) groups excluding carboxylic acids is 1. The van der Waals surface area contributed by atoms with Crippen molar-refractivity contribution in [3.63, 3.8) is 0 Å². The number of hydrogen-bond donors (Lipinski definition) is 1. The molecule has 0 atom stereocenters. The SMILES string of the molecule is O=C(NCCc1cccc(F)c1)c1cc[n+]([O-])cc1. The third kappa shape index (κ3) is 3.77. The summed E-state index contributed by atoms with van der Waals surface area (Å²) >= 11 is 0. The Bertz CT molecular complexity index is 570. The van der Waals surface area contributed by atoms with Crippen LogP contribution in [0.4, 0.5) is 4.39 Å². The van der Waals surface area contributed by atoms with Crippen molar-refractivity contribution >= 4 is 5.91 Å². The van der Waals surface area contributed by atoms with Crippen LogP contribution in [0.1, 0.15) is 15.9 Å². The predicted octanol–water partition coefficient (Wildman–Crippen LogP) is 1.43. The lowest BCUT2D eigenvalue weighted by atomic mass is 10.1. The molecule has 4 nitrogen and oxygen atoms in total. The van der Waals surface area contributed by atoms with Gasteiger partial charge in [-0.1, -0.05) is 12.1 Å². The molecule has 2 rings (SSSR count). The first-order chi connectivity index (χ1) is 9.15. The van der Waals surface area contributed by atoms with E-state index in [2.05, 4.69) is 5.32 Å². The minimum Gasteiger partial charge on any atom is -0.619 e. The molecule has 1 aromatic carbocycles. The molecular weight excluding hydrogens is 247 g/mol. The maximum atomic E-state index is 12.9. The van der Waals surface area contributed by atoms with E-state index in [4.69, 9.17) is 0 Å². The number of carbonyl (C=O) groups is 1. The fourth-order valence-electron chi connectivity index (χ4n) is 1.68. The summed E-state index contributed by atoms with van der Waals surface area (Å²) in [6.45, 7) is 0.411. The third-order valence-electron chi connectivity index (χ3n) is 2.65. The zero-order valence-corrected chi connectivity index (χ0v) is 10.2. The molecule has 1 N–H and O–H groups in total. The van der Waals surface area contributed by atoms with Crippen LogP contribution in [-0.4, -0.2) is 12.5 Å². The van der Waals surface area contributed by atoms with Gasteiger partial charge in [0.05, 0.1) is 5.56 Å². The predicted molar refractivity (Wildman–Crippen MR) is 67.8 cm³/mol. The Kier molecular flexibility index (Phi) is 4.07. The molecule has 1 amide bonds. The van der Waals surface area contributed by atoms with Gasteiger partial charge < -0.3 is 10.5 Å². The summed E-state index contributed by atoms with van der Waals surface area (Å²) in [7, 11) is 0. The van der Waals surface area contributed by atoms with E-state index in [1.165, 1.54) is 36.7 Å². The van der Waals surface area contributed by atoms with Crippen molar-refractivity contribution in [1.29, 1.82) is 0 Å². The highest BCUT2D eigenvalue weighted by Crippen LogP contribution is 2.03. The highest BCUT2D eigenvalue weighted by atomic mass is 19.1.